The van der Waals surface area contributed by atoms with Crippen LogP contribution < -0.4 is 14.9 Å². The Morgan fingerprint density at radius 3 is 2.68 bits per heavy atom. The Balaban J connectivity index is 1.72. The first-order valence-electron chi connectivity index (χ1n) is 9.45. The number of rotatable bonds is 9. The highest BCUT2D eigenvalue weighted by molar-refractivity contribution is 7.71. The Morgan fingerprint density at radius 2 is 1.93 bits per heavy atom. The van der Waals surface area contributed by atoms with Crippen molar-refractivity contribution in [1.82, 2.24) is 14.9 Å². The second kappa shape index (κ2) is 9.41. The largest absolute Gasteiger partial charge is 0.490 e. The molecule has 3 rings (SSSR count). The molecule has 3 aromatic rings. The van der Waals surface area contributed by atoms with E-state index in [0.29, 0.717) is 24.5 Å². The van der Waals surface area contributed by atoms with Crippen LogP contribution in [0.2, 0.25) is 0 Å². The molecule has 6 nitrogen and oxygen atoms in total. The number of hydrogen-bond donors (Lipinski definition) is 2. The molecule has 0 amide bonds. The minimum atomic E-state index is 0.508. The lowest BCUT2D eigenvalue weighted by Crippen LogP contribution is -2.17. The van der Waals surface area contributed by atoms with E-state index in [4.69, 9.17) is 21.7 Å². The number of ether oxygens (including phenoxy) is 2. The van der Waals surface area contributed by atoms with E-state index in [1.165, 1.54) is 5.56 Å². The monoisotopic (exact) mass is 398 g/mol. The summed E-state index contributed by atoms with van der Waals surface area (Å²) in [5.41, 5.74) is 6.75. The van der Waals surface area contributed by atoms with Crippen LogP contribution in [0.3, 0.4) is 0 Å². The Hall–Kier alpha value is -2.80. The molecule has 1 aromatic heterocycles. The number of H-pyrrole nitrogens is 1. The van der Waals surface area contributed by atoms with E-state index in [9.17, 15) is 0 Å². The van der Waals surface area contributed by atoms with E-state index < -0.39 is 0 Å². The Kier molecular flexibility index (Phi) is 6.71. The van der Waals surface area contributed by atoms with E-state index in [2.05, 4.69) is 34.7 Å². The van der Waals surface area contributed by atoms with E-state index in [1.54, 1.807) is 4.68 Å². The molecule has 0 spiro atoms. The van der Waals surface area contributed by atoms with Crippen molar-refractivity contribution < 1.29 is 9.47 Å². The molecule has 0 atom stereocenters. The smallest absolute Gasteiger partial charge is 0.214 e. The number of aryl methyl sites for hydroxylation is 2. The number of hydrogen-bond acceptors (Lipinski definition) is 5. The van der Waals surface area contributed by atoms with E-state index in [-0.39, 0.29) is 0 Å². The lowest BCUT2D eigenvalue weighted by Gasteiger charge is -2.15. The molecule has 0 aliphatic carbocycles. The Morgan fingerprint density at radius 1 is 1.11 bits per heavy atom. The van der Waals surface area contributed by atoms with Gasteiger partial charge in [0.15, 0.2) is 17.3 Å². The number of nitrogens with one attached hydrogen (secondary N) is 2. The molecule has 0 unspecified atom stereocenters. The quantitative estimate of drug-likeness (QED) is 0.519. The second-order valence-corrected chi connectivity index (χ2v) is 6.78. The van der Waals surface area contributed by atoms with Gasteiger partial charge in [-0.15, -0.1) is 0 Å². The third-order valence-electron chi connectivity index (χ3n) is 4.45. The molecule has 28 heavy (non-hydrogen) atoms. The maximum atomic E-state index is 6.04. The van der Waals surface area contributed by atoms with Crippen molar-refractivity contribution in [2.24, 2.45) is 0 Å². The van der Waals surface area contributed by atoms with Gasteiger partial charge in [0.2, 0.25) is 4.77 Å². The summed E-state index contributed by atoms with van der Waals surface area (Å²) < 4.78 is 14.2. The zero-order valence-corrected chi connectivity index (χ0v) is 17.3. The van der Waals surface area contributed by atoms with Gasteiger partial charge in [-0.05, 0) is 54.9 Å². The van der Waals surface area contributed by atoms with Crippen molar-refractivity contribution in [3.8, 4) is 11.5 Å². The predicted molar refractivity (Wildman–Crippen MR) is 113 cm³/mol. The third-order valence-corrected chi connectivity index (χ3v) is 4.73. The van der Waals surface area contributed by atoms with E-state index in [0.717, 1.165) is 34.9 Å². The second-order valence-electron chi connectivity index (χ2n) is 6.40. The maximum Gasteiger partial charge on any atom is 0.214 e. The lowest BCUT2D eigenvalue weighted by molar-refractivity contribution is 0.268. The molecule has 1 heterocycles. The molecule has 148 valence electrons. The van der Waals surface area contributed by atoms with Crippen LogP contribution in [0.5, 0.6) is 11.5 Å². The molecule has 0 saturated heterocycles. The molecule has 0 aliphatic heterocycles. The van der Waals surface area contributed by atoms with Crippen LogP contribution in [-0.2, 0) is 19.6 Å². The van der Waals surface area contributed by atoms with Crippen LogP contribution in [0, 0.1) is 11.7 Å². The fourth-order valence-electron chi connectivity index (χ4n) is 2.88. The van der Waals surface area contributed by atoms with Crippen molar-refractivity contribution >= 4 is 12.2 Å². The van der Waals surface area contributed by atoms with Crippen LogP contribution in [0.1, 0.15) is 36.4 Å². The van der Waals surface area contributed by atoms with Gasteiger partial charge in [-0.25, -0.2) is 4.68 Å². The van der Waals surface area contributed by atoms with Crippen LogP contribution in [-0.4, -0.2) is 21.5 Å². The first-order chi connectivity index (χ1) is 13.6. The summed E-state index contributed by atoms with van der Waals surface area (Å²) in [6.07, 6.45) is 0.788. The van der Waals surface area contributed by atoms with Crippen molar-refractivity contribution in [2.75, 3.05) is 12.0 Å². The van der Waals surface area contributed by atoms with Crippen LogP contribution >= 0.6 is 12.2 Å². The van der Waals surface area contributed by atoms with Gasteiger partial charge in [-0.1, -0.05) is 37.3 Å². The van der Waals surface area contributed by atoms with Crippen LogP contribution in [0.15, 0.2) is 42.5 Å². The highest BCUT2D eigenvalue weighted by atomic mass is 32.1. The van der Waals surface area contributed by atoms with E-state index in [1.807, 2.05) is 44.2 Å². The SMILES string of the molecule is CCOc1cc(CNn2c(CC)n[nH]c2=S)ccc1OCc1ccccc1C. The highest BCUT2D eigenvalue weighted by Crippen LogP contribution is 2.29. The molecule has 0 saturated carbocycles. The number of aromatic nitrogens is 3. The van der Waals surface area contributed by atoms with Gasteiger partial charge in [0.1, 0.15) is 6.61 Å². The van der Waals surface area contributed by atoms with Crippen molar-refractivity contribution in [2.45, 2.75) is 40.3 Å². The first-order valence-corrected chi connectivity index (χ1v) is 9.86. The molecule has 0 radical (unpaired) electrons. The molecule has 0 fully saturated rings. The van der Waals surface area contributed by atoms with Crippen molar-refractivity contribution in [1.29, 1.82) is 0 Å². The van der Waals surface area contributed by atoms with Gasteiger partial charge < -0.3 is 14.9 Å². The van der Waals surface area contributed by atoms with Crippen LogP contribution in [0.25, 0.3) is 0 Å². The lowest BCUT2D eigenvalue weighted by atomic mass is 10.1. The highest BCUT2D eigenvalue weighted by Gasteiger charge is 2.09. The summed E-state index contributed by atoms with van der Waals surface area (Å²) in [5.74, 6) is 2.35. The normalized spacial score (nSPS) is 10.7. The predicted octanol–water partition coefficient (Wildman–Crippen LogP) is 4.53. The zero-order chi connectivity index (χ0) is 19.9. The molecule has 0 bridgehead atoms. The van der Waals surface area contributed by atoms with Gasteiger partial charge in [-0.3, -0.25) is 5.10 Å². The topological polar surface area (TPSA) is 64.1 Å². The zero-order valence-electron chi connectivity index (χ0n) is 16.5. The average Bonchev–Trinajstić information content (AvgIpc) is 3.06. The summed E-state index contributed by atoms with van der Waals surface area (Å²) in [7, 11) is 0. The molecule has 2 N–H and O–H groups in total. The summed E-state index contributed by atoms with van der Waals surface area (Å²) in [4.78, 5) is 0. The standard InChI is InChI=1S/C21H26N4O2S/c1-4-20-23-24-21(28)25(20)22-13-16-10-11-18(19(12-16)26-5-2)27-14-17-9-7-6-8-15(17)3/h6-12,22H,4-5,13-14H2,1-3H3,(H,24,28). The van der Waals surface area contributed by atoms with E-state index >= 15 is 0 Å². The average molecular weight is 399 g/mol. The molecular formula is C21H26N4O2S. The van der Waals surface area contributed by atoms with Crippen LogP contribution in [0.4, 0.5) is 0 Å². The molecular weight excluding hydrogens is 372 g/mol. The summed E-state index contributed by atoms with van der Waals surface area (Å²) in [6.45, 7) is 7.77. The van der Waals surface area contributed by atoms with Crippen molar-refractivity contribution in [3.63, 3.8) is 0 Å². The first kappa shape index (κ1) is 19.9. The van der Waals surface area contributed by atoms with Gasteiger partial charge in [0.25, 0.3) is 0 Å². The third kappa shape index (κ3) is 4.72. The molecule has 2 aromatic carbocycles. The Bertz CT molecular complexity index is 981. The van der Waals surface area contributed by atoms with Gasteiger partial charge >= 0.3 is 0 Å². The number of nitrogens with zero attached hydrogens (tertiary/aromatic N) is 2. The van der Waals surface area contributed by atoms with Gasteiger partial charge in [-0.2, -0.15) is 5.10 Å². The fraction of sp³-hybridized carbons (Fsp3) is 0.333. The molecule has 0 aliphatic rings. The Labute approximate surface area is 170 Å². The molecule has 7 heteroatoms. The summed E-state index contributed by atoms with van der Waals surface area (Å²) in [6, 6.07) is 14.2. The number of aromatic amines is 1. The maximum absolute atomic E-state index is 6.04. The van der Waals surface area contributed by atoms with Gasteiger partial charge in [0, 0.05) is 6.42 Å². The number of benzene rings is 2. The minimum absolute atomic E-state index is 0.508. The fourth-order valence-corrected chi connectivity index (χ4v) is 3.09. The summed E-state index contributed by atoms with van der Waals surface area (Å²) in [5, 5.41) is 7.02. The minimum Gasteiger partial charge on any atom is -0.490 e. The summed E-state index contributed by atoms with van der Waals surface area (Å²) >= 11 is 5.27. The van der Waals surface area contributed by atoms with Crippen molar-refractivity contribution in [3.05, 3.63) is 69.8 Å². The van der Waals surface area contributed by atoms with Gasteiger partial charge in [0.05, 0.1) is 13.2 Å².